The van der Waals surface area contributed by atoms with Crippen LogP contribution in [0.4, 0.5) is 5.69 Å². The van der Waals surface area contributed by atoms with Crippen LogP contribution in [0.5, 0.6) is 0 Å². The normalized spacial score (nSPS) is 11.3. The zero-order valence-electron chi connectivity index (χ0n) is 16.9. The van der Waals surface area contributed by atoms with Gasteiger partial charge in [0.05, 0.1) is 10.6 Å². The summed E-state index contributed by atoms with van der Waals surface area (Å²) in [4.78, 5) is 13.7. The maximum Gasteiger partial charge on any atom is 0.262 e. The van der Waals surface area contributed by atoms with Gasteiger partial charge in [0.1, 0.15) is 0 Å². The highest BCUT2D eigenvalue weighted by atomic mass is 32.2. The first kappa shape index (κ1) is 21.0. The number of amides is 1. The number of aryl methyl sites for hydroxylation is 2. The van der Waals surface area contributed by atoms with E-state index in [2.05, 4.69) is 4.72 Å². The van der Waals surface area contributed by atoms with E-state index in [1.807, 2.05) is 52.8 Å². The lowest BCUT2D eigenvalue weighted by molar-refractivity contribution is -0.129. The zero-order chi connectivity index (χ0) is 20.4. The monoisotopic (exact) mass is 388 g/mol. The molecule has 2 aromatic carbocycles. The Balaban J connectivity index is 2.48. The fraction of sp³-hybridized carbons (Fsp3) is 0.381. The number of rotatable bonds is 6. The van der Waals surface area contributed by atoms with Crippen LogP contribution in [0.1, 0.15) is 41.7 Å². The Bertz CT molecular complexity index is 939. The van der Waals surface area contributed by atoms with Crippen LogP contribution in [0.2, 0.25) is 0 Å². The number of anilines is 1. The number of para-hydroxylation sites is 1. The molecule has 2 rings (SSSR count). The molecule has 0 atom stereocenters. The molecule has 0 saturated carbocycles. The summed E-state index contributed by atoms with van der Waals surface area (Å²) in [7, 11) is -3.76. The van der Waals surface area contributed by atoms with Crippen molar-refractivity contribution >= 4 is 21.6 Å². The molecule has 1 N–H and O–H groups in total. The Morgan fingerprint density at radius 2 is 1.59 bits per heavy atom. The minimum absolute atomic E-state index is 0.0452. The number of hydrogen-bond acceptors (Lipinski definition) is 3. The summed E-state index contributed by atoms with van der Waals surface area (Å²) >= 11 is 0. The Hall–Kier alpha value is -2.34. The third-order valence-electron chi connectivity index (χ3n) is 5.02. The third kappa shape index (κ3) is 4.50. The molecule has 0 bridgehead atoms. The predicted octanol–water partition coefficient (Wildman–Crippen LogP) is 4.09. The molecule has 2 aromatic rings. The molecular weight excluding hydrogens is 360 g/mol. The first-order valence-electron chi connectivity index (χ1n) is 9.02. The van der Waals surface area contributed by atoms with Gasteiger partial charge in [-0.1, -0.05) is 24.3 Å². The standard InChI is InChI=1S/C21H28N2O3S/c1-7-23(18(6)24)13-19-10-8-9-11-20(19)22-27(25,26)21-16(4)14(2)12-15(3)17(21)5/h8-12,22H,7,13H2,1-6H3. The van der Waals surface area contributed by atoms with Gasteiger partial charge in [0.2, 0.25) is 5.91 Å². The number of carbonyl (C=O) groups excluding carboxylic acids is 1. The second-order valence-electron chi connectivity index (χ2n) is 6.89. The van der Waals surface area contributed by atoms with E-state index in [-0.39, 0.29) is 5.91 Å². The maximum atomic E-state index is 13.2. The van der Waals surface area contributed by atoms with Gasteiger partial charge in [0.15, 0.2) is 0 Å². The third-order valence-corrected chi connectivity index (χ3v) is 6.65. The number of hydrogen-bond donors (Lipinski definition) is 1. The minimum Gasteiger partial charge on any atom is -0.339 e. The van der Waals surface area contributed by atoms with Gasteiger partial charge < -0.3 is 4.90 Å². The van der Waals surface area contributed by atoms with E-state index in [0.717, 1.165) is 27.8 Å². The molecule has 0 aliphatic carbocycles. The molecule has 146 valence electrons. The fourth-order valence-electron chi connectivity index (χ4n) is 3.19. The van der Waals surface area contributed by atoms with Crippen molar-refractivity contribution in [2.24, 2.45) is 0 Å². The van der Waals surface area contributed by atoms with Crippen LogP contribution in [-0.4, -0.2) is 25.8 Å². The van der Waals surface area contributed by atoms with Crippen molar-refractivity contribution in [1.82, 2.24) is 4.90 Å². The van der Waals surface area contributed by atoms with Crippen LogP contribution < -0.4 is 4.72 Å². The predicted molar refractivity (Wildman–Crippen MR) is 109 cm³/mol. The highest BCUT2D eigenvalue weighted by Gasteiger charge is 2.23. The van der Waals surface area contributed by atoms with Gasteiger partial charge in [0, 0.05) is 20.0 Å². The summed E-state index contributed by atoms with van der Waals surface area (Å²) in [5.41, 5.74) is 4.65. The van der Waals surface area contributed by atoms with Gasteiger partial charge in [-0.15, -0.1) is 0 Å². The molecule has 6 heteroatoms. The number of sulfonamides is 1. The number of benzene rings is 2. The lowest BCUT2D eigenvalue weighted by Gasteiger charge is -2.22. The summed E-state index contributed by atoms with van der Waals surface area (Å²) in [5.74, 6) is -0.0452. The topological polar surface area (TPSA) is 66.5 Å². The summed E-state index contributed by atoms with van der Waals surface area (Å²) in [5, 5.41) is 0. The van der Waals surface area contributed by atoms with Crippen LogP contribution in [0.15, 0.2) is 35.2 Å². The van der Waals surface area contributed by atoms with E-state index in [1.54, 1.807) is 17.0 Å². The molecular formula is C21H28N2O3S. The van der Waals surface area contributed by atoms with Crippen molar-refractivity contribution in [3.05, 3.63) is 58.1 Å². The van der Waals surface area contributed by atoms with E-state index in [1.165, 1.54) is 6.92 Å². The van der Waals surface area contributed by atoms with Gasteiger partial charge in [-0.3, -0.25) is 9.52 Å². The molecule has 0 aliphatic rings. The van der Waals surface area contributed by atoms with Crippen LogP contribution in [0.3, 0.4) is 0 Å². The Kier molecular flexibility index (Phi) is 6.31. The van der Waals surface area contributed by atoms with E-state index in [0.29, 0.717) is 23.7 Å². The number of carbonyl (C=O) groups is 1. The molecule has 0 spiro atoms. The van der Waals surface area contributed by atoms with E-state index in [4.69, 9.17) is 0 Å². The summed E-state index contributed by atoms with van der Waals surface area (Å²) in [6.45, 7) is 11.8. The quantitative estimate of drug-likeness (QED) is 0.810. The molecule has 0 heterocycles. The second kappa shape index (κ2) is 8.13. The Labute approximate surface area is 162 Å². The molecule has 5 nitrogen and oxygen atoms in total. The smallest absolute Gasteiger partial charge is 0.262 e. The highest BCUT2D eigenvalue weighted by Crippen LogP contribution is 2.29. The zero-order valence-corrected chi connectivity index (χ0v) is 17.7. The molecule has 27 heavy (non-hydrogen) atoms. The van der Waals surface area contributed by atoms with E-state index < -0.39 is 10.0 Å². The van der Waals surface area contributed by atoms with Crippen molar-refractivity contribution in [2.75, 3.05) is 11.3 Å². The van der Waals surface area contributed by atoms with E-state index >= 15 is 0 Å². The average molecular weight is 389 g/mol. The van der Waals surface area contributed by atoms with Crippen LogP contribution in [-0.2, 0) is 21.4 Å². The van der Waals surface area contributed by atoms with Crippen molar-refractivity contribution in [3.8, 4) is 0 Å². The van der Waals surface area contributed by atoms with Crippen molar-refractivity contribution < 1.29 is 13.2 Å². The van der Waals surface area contributed by atoms with Crippen LogP contribution in [0, 0.1) is 27.7 Å². The Morgan fingerprint density at radius 1 is 1.04 bits per heavy atom. The first-order valence-corrected chi connectivity index (χ1v) is 10.5. The molecule has 0 unspecified atom stereocenters. The van der Waals surface area contributed by atoms with Gasteiger partial charge in [-0.05, 0) is 68.5 Å². The summed E-state index contributed by atoms with van der Waals surface area (Å²) in [6, 6.07) is 9.20. The second-order valence-corrected chi connectivity index (χ2v) is 8.50. The molecule has 0 fully saturated rings. The summed E-state index contributed by atoms with van der Waals surface area (Å²) in [6.07, 6.45) is 0. The lowest BCUT2D eigenvalue weighted by atomic mass is 10.0. The first-order chi connectivity index (χ1) is 12.6. The molecule has 0 radical (unpaired) electrons. The molecule has 1 amide bonds. The van der Waals surface area contributed by atoms with Crippen molar-refractivity contribution in [2.45, 2.75) is 53.0 Å². The summed E-state index contributed by atoms with van der Waals surface area (Å²) < 4.78 is 29.1. The molecule has 0 saturated heterocycles. The van der Waals surface area contributed by atoms with Gasteiger partial charge in [-0.2, -0.15) is 0 Å². The van der Waals surface area contributed by atoms with E-state index in [9.17, 15) is 13.2 Å². The van der Waals surface area contributed by atoms with Crippen LogP contribution in [0.25, 0.3) is 0 Å². The SMILES string of the molecule is CCN(Cc1ccccc1NS(=O)(=O)c1c(C)c(C)cc(C)c1C)C(C)=O. The van der Waals surface area contributed by atoms with Gasteiger partial charge >= 0.3 is 0 Å². The highest BCUT2D eigenvalue weighted by molar-refractivity contribution is 7.92. The van der Waals surface area contributed by atoms with Crippen molar-refractivity contribution in [1.29, 1.82) is 0 Å². The molecule has 0 aliphatic heterocycles. The van der Waals surface area contributed by atoms with Gasteiger partial charge in [-0.25, -0.2) is 8.42 Å². The maximum absolute atomic E-state index is 13.2. The van der Waals surface area contributed by atoms with Crippen LogP contribution >= 0.6 is 0 Å². The number of nitrogens with one attached hydrogen (secondary N) is 1. The average Bonchev–Trinajstić information content (AvgIpc) is 2.58. The fourth-order valence-corrected chi connectivity index (χ4v) is 4.91. The number of nitrogens with zero attached hydrogens (tertiary/aromatic N) is 1. The van der Waals surface area contributed by atoms with Gasteiger partial charge in [0.25, 0.3) is 10.0 Å². The lowest BCUT2D eigenvalue weighted by Crippen LogP contribution is -2.28. The largest absolute Gasteiger partial charge is 0.339 e. The minimum atomic E-state index is -3.76. The molecule has 0 aromatic heterocycles. The van der Waals surface area contributed by atoms with Crippen molar-refractivity contribution in [3.63, 3.8) is 0 Å². The Morgan fingerprint density at radius 3 is 2.11 bits per heavy atom.